The zero-order valence-corrected chi connectivity index (χ0v) is 17.9. The molecule has 5 nitrogen and oxygen atoms in total. The molecule has 0 amide bonds. The zero-order chi connectivity index (χ0) is 21.7. The minimum atomic E-state index is -2.55. The van der Waals surface area contributed by atoms with Gasteiger partial charge < -0.3 is 4.98 Å². The van der Waals surface area contributed by atoms with Crippen LogP contribution in [-0.4, -0.2) is 25.7 Å². The number of aromatic nitrogens is 4. The average molecular weight is 415 g/mol. The summed E-state index contributed by atoms with van der Waals surface area (Å²) in [5, 5.41) is 5.43. The number of nitrogens with one attached hydrogen (secondary N) is 1. The van der Waals surface area contributed by atoms with Crippen LogP contribution in [0, 0.1) is 12.8 Å². The van der Waals surface area contributed by atoms with Crippen molar-refractivity contribution >= 4 is 10.9 Å². The highest BCUT2D eigenvalue weighted by Gasteiger charge is 2.35. The van der Waals surface area contributed by atoms with Crippen molar-refractivity contribution in [2.24, 2.45) is 5.92 Å². The third-order valence-electron chi connectivity index (χ3n) is 6.05. The minimum Gasteiger partial charge on any atom is -0.353 e. The molecule has 0 atom stereocenters. The van der Waals surface area contributed by atoms with Crippen LogP contribution in [0.5, 0.6) is 0 Å². The van der Waals surface area contributed by atoms with Crippen LogP contribution in [0.4, 0.5) is 8.78 Å². The van der Waals surface area contributed by atoms with Gasteiger partial charge in [-0.05, 0) is 31.7 Å². The molecule has 1 saturated carbocycles. The molecular weight excluding hydrogens is 386 g/mol. The maximum absolute atomic E-state index is 13.6. The monoisotopic (exact) mass is 414 g/mol. The van der Waals surface area contributed by atoms with Crippen LogP contribution < -0.4 is 5.43 Å². The number of H-pyrrole nitrogens is 1. The average Bonchev–Trinajstić information content (AvgIpc) is 3.00. The molecule has 1 N–H and O–H groups in total. The van der Waals surface area contributed by atoms with E-state index in [1.165, 1.54) is 0 Å². The Labute approximate surface area is 174 Å². The highest BCUT2D eigenvalue weighted by molar-refractivity contribution is 5.80. The smallest absolute Gasteiger partial charge is 0.248 e. The van der Waals surface area contributed by atoms with Gasteiger partial charge in [0.1, 0.15) is 0 Å². The van der Waals surface area contributed by atoms with Crippen molar-refractivity contribution < 1.29 is 8.78 Å². The summed E-state index contributed by atoms with van der Waals surface area (Å²) in [4.78, 5) is 20.1. The molecule has 0 aromatic carbocycles. The molecule has 4 rings (SSSR count). The number of rotatable bonds is 3. The molecule has 7 heteroatoms. The van der Waals surface area contributed by atoms with Crippen molar-refractivity contribution in [1.82, 2.24) is 19.7 Å². The minimum absolute atomic E-state index is 0.0703. The molecule has 1 aliphatic carbocycles. The Bertz CT molecular complexity index is 1130. The van der Waals surface area contributed by atoms with Crippen molar-refractivity contribution in [3.05, 3.63) is 46.0 Å². The fourth-order valence-electron chi connectivity index (χ4n) is 4.48. The lowest BCUT2D eigenvalue weighted by atomic mass is 9.86. The van der Waals surface area contributed by atoms with Crippen molar-refractivity contribution in [2.75, 3.05) is 0 Å². The molecule has 0 radical (unpaired) electrons. The standard InChI is InChI=1S/C23H28F2N4O/c1-14-20(18-11-19(30)16-12-26-10-7-17(16)27-18)29(28-21(14)22(2,3)4)13-15-5-8-23(24,25)9-6-15/h7,10-12,15H,5-6,8-9,13H2,1-4H3,(H,27,30). The van der Waals surface area contributed by atoms with E-state index in [0.29, 0.717) is 36.0 Å². The summed E-state index contributed by atoms with van der Waals surface area (Å²) < 4.78 is 29.1. The molecule has 0 spiro atoms. The van der Waals surface area contributed by atoms with Crippen LogP contribution in [-0.2, 0) is 12.0 Å². The molecule has 0 bridgehead atoms. The lowest BCUT2D eigenvalue weighted by Gasteiger charge is -2.28. The summed E-state index contributed by atoms with van der Waals surface area (Å²) in [6.07, 6.45) is 4.03. The number of halogens is 2. The van der Waals surface area contributed by atoms with Gasteiger partial charge in [0.2, 0.25) is 5.92 Å². The van der Waals surface area contributed by atoms with Crippen molar-refractivity contribution in [2.45, 2.75) is 71.3 Å². The van der Waals surface area contributed by atoms with Gasteiger partial charge in [0.15, 0.2) is 5.43 Å². The molecule has 0 unspecified atom stereocenters. The molecule has 1 fully saturated rings. The maximum atomic E-state index is 13.6. The van der Waals surface area contributed by atoms with Gasteiger partial charge in [-0.2, -0.15) is 5.10 Å². The quantitative estimate of drug-likeness (QED) is 0.639. The fourth-order valence-corrected chi connectivity index (χ4v) is 4.48. The van der Waals surface area contributed by atoms with Crippen LogP contribution in [0.3, 0.4) is 0 Å². The number of pyridine rings is 2. The number of fused-ring (bicyclic) bond motifs is 1. The Morgan fingerprint density at radius 2 is 1.97 bits per heavy atom. The summed E-state index contributed by atoms with van der Waals surface area (Å²) in [6, 6.07) is 3.37. The number of alkyl halides is 2. The molecule has 3 aromatic rings. The first-order valence-electron chi connectivity index (χ1n) is 10.5. The summed E-state index contributed by atoms with van der Waals surface area (Å²) in [5.41, 5.74) is 3.95. The van der Waals surface area contributed by atoms with Gasteiger partial charge >= 0.3 is 0 Å². The Morgan fingerprint density at radius 3 is 2.63 bits per heavy atom. The first kappa shape index (κ1) is 20.7. The predicted octanol–water partition coefficient (Wildman–Crippen LogP) is 5.22. The molecule has 1 aliphatic rings. The van der Waals surface area contributed by atoms with Crippen LogP contribution in [0.25, 0.3) is 22.3 Å². The van der Waals surface area contributed by atoms with Crippen LogP contribution in [0.2, 0.25) is 0 Å². The molecule has 0 aliphatic heterocycles. The summed E-state index contributed by atoms with van der Waals surface area (Å²) >= 11 is 0. The van der Waals surface area contributed by atoms with Crippen LogP contribution >= 0.6 is 0 Å². The summed E-state index contributed by atoms with van der Waals surface area (Å²) in [5.74, 6) is -2.40. The number of aromatic amines is 1. The van der Waals surface area contributed by atoms with Gasteiger partial charge in [0.25, 0.3) is 0 Å². The number of hydrogen-bond donors (Lipinski definition) is 1. The van der Waals surface area contributed by atoms with E-state index in [4.69, 9.17) is 5.10 Å². The molecule has 160 valence electrons. The number of nitrogens with zero attached hydrogens (tertiary/aromatic N) is 3. The van der Waals surface area contributed by atoms with Crippen molar-refractivity contribution in [3.8, 4) is 11.4 Å². The van der Waals surface area contributed by atoms with E-state index in [0.717, 1.165) is 17.0 Å². The van der Waals surface area contributed by atoms with Gasteiger partial charge in [0.05, 0.1) is 28.0 Å². The first-order valence-corrected chi connectivity index (χ1v) is 10.5. The molecule has 3 aromatic heterocycles. The van der Waals surface area contributed by atoms with E-state index in [9.17, 15) is 13.6 Å². The van der Waals surface area contributed by atoms with Gasteiger partial charge in [-0.15, -0.1) is 0 Å². The summed E-state index contributed by atoms with van der Waals surface area (Å²) in [7, 11) is 0. The van der Waals surface area contributed by atoms with E-state index in [1.807, 2.05) is 11.6 Å². The highest BCUT2D eigenvalue weighted by Crippen LogP contribution is 2.38. The zero-order valence-electron chi connectivity index (χ0n) is 17.9. The predicted molar refractivity (Wildman–Crippen MR) is 114 cm³/mol. The molecule has 3 heterocycles. The Morgan fingerprint density at radius 1 is 1.27 bits per heavy atom. The highest BCUT2D eigenvalue weighted by atomic mass is 19.3. The van der Waals surface area contributed by atoms with E-state index >= 15 is 0 Å². The van der Waals surface area contributed by atoms with Gasteiger partial charge in [0, 0.05) is 48.8 Å². The van der Waals surface area contributed by atoms with Crippen LogP contribution in [0.15, 0.2) is 29.3 Å². The molecule has 0 saturated heterocycles. The van der Waals surface area contributed by atoms with Crippen molar-refractivity contribution in [1.29, 1.82) is 0 Å². The van der Waals surface area contributed by atoms with Gasteiger partial charge in [-0.3, -0.25) is 14.5 Å². The SMILES string of the molecule is Cc1c(C(C)(C)C)nn(CC2CCC(F)(F)CC2)c1-c1cc(=O)c2cnccc2[nH]1. The lowest BCUT2D eigenvalue weighted by molar-refractivity contribution is -0.0476. The Hall–Kier alpha value is -2.57. The topological polar surface area (TPSA) is 63.6 Å². The molecule has 30 heavy (non-hydrogen) atoms. The lowest BCUT2D eigenvalue weighted by Crippen LogP contribution is -2.27. The normalized spacial score (nSPS) is 17.5. The first-order chi connectivity index (χ1) is 14.0. The maximum Gasteiger partial charge on any atom is 0.248 e. The summed E-state index contributed by atoms with van der Waals surface area (Å²) in [6.45, 7) is 8.90. The second-order valence-electron chi connectivity index (χ2n) is 9.52. The van der Waals surface area contributed by atoms with Gasteiger partial charge in [-0.1, -0.05) is 20.8 Å². The second-order valence-corrected chi connectivity index (χ2v) is 9.52. The third kappa shape index (κ3) is 3.89. The molecular formula is C23H28F2N4O. The van der Waals surface area contributed by atoms with E-state index in [1.54, 1.807) is 24.5 Å². The van der Waals surface area contributed by atoms with E-state index in [2.05, 4.69) is 30.7 Å². The van der Waals surface area contributed by atoms with E-state index in [-0.39, 0.29) is 29.6 Å². The van der Waals surface area contributed by atoms with Gasteiger partial charge in [-0.25, -0.2) is 8.78 Å². The fraction of sp³-hybridized carbons (Fsp3) is 0.522. The Kier molecular flexibility index (Phi) is 5.03. The largest absolute Gasteiger partial charge is 0.353 e. The second kappa shape index (κ2) is 7.29. The van der Waals surface area contributed by atoms with Crippen LogP contribution in [0.1, 0.15) is 57.7 Å². The number of hydrogen-bond acceptors (Lipinski definition) is 3. The Balaban J connectivity index is 1.80. The third-order valence-corrected chi connectivity index (χ3v) is 6.05. The van der Waals surface area contributed by atoms with Crippen molar-refractivity contribution in [3.63, 3.8) is 0 Å². The van der Waals surface area contributed by atoms with E-state index < -0.39 is 5.92 Å².